The number of carboxylic acids is 1. The van der Waals surface area contributed by atoms with Crippen molar-refractivity contribution in [1.29, 1.82) is 0 Å². The summed E-state index contributed by atoms with van der Waals surface area (Å²) in [5.74, 6) is -1.27. The third kappa shape index (κ3) is 5.35. The quantitative estimate of drug-likeness (QED) is 0.284. The number of alkyl halides is 3. The SMILES string of the molecule is COc1cc(C(CC(=O)O)c2ccc(C)c3c2CCC3N2C[C@@H](C)Cc3ccc(C(F)(F)F)cc3S2(=O)=O)cc2nnn(C)c12. The fraction of sp³-hybridized carbons (Fsp3) is 0.406. The normalized spacial score (nSPS) is 20.4. The van der Waals surface area contributed by atoms with Crippen LogP contribution < -0.4 is 4.74 Å². The molecule has 0 amide bonds. The van der Waals surface area contributed by atoms with Gasteiger partial charge in [0.05, 0.1) is 30.0 Å². The van der Waals surface area contributed by atoms with Crippen molar-refractivity contribution in [2.75, 3.05) is 13.7 Å². The Kier molecular flexibility index (Phi) is 7.67. The lowest BCUT2D eigenvalue weighted by molar-refractivity contribution is -0.138. The van der Waals surface area contributed by atoms with Crippen molar-refractivity contribution in [3.05, 3.63) is 81.4 Å². The molecule has 238 valence electrons. The van der Waals surface area contributed by atoms with Crippen LogP contribution in [0, 0.1) is 12.8 Å². The van der Waals surface area contributed by atoms with E-state index < -0.39 is 39.7 Å². The molecule has 1 aliphatic heterocycles. The molecule has 13 heteroatoms. The highest BCUT2D eigenvalue weighted by atomic mass is 32.2. The van der Waals surface area contributed by atoms with Crippen molar-refractivity contribution >= 4 is 27.0 Å². The van der Waals surface area contributed by atoms with Gasteiger partial charge in [-0.05, 0) is 89.8 Å². The summed E-state index contributed by atoms with van der Waals surface area (Å²) in [7, 11) is -1.05. The molecule has 3 aromatic carbocycles. The maximum absolute atomic E-state index is 14.2. The highest BCUT2D eigenvalue weighted by molar-refractivity contribution is 7.89. The molecular formula is C32H33F3N4O5S. The van der Waals surface area contributed by atoms with Gasteiger partial charge in [0.1, 0.15) is 16.8 Å². The van der Waals surface area contributed by atoms with Crippen LogP contribution >= 0.6 is 0 Å². The number of ether oxygens (including phenoxy) is 1. The lowest BCUT2D eigenvalue weighted by Gasteiger charge is -2.30. The number of carbonyl (C=O) groups is 1. The van der Waals surface area contributed by atoms with Gasteiger partial charge in [0, 0.05) is 19.5 Å². The van der Waals surface area contributed by atoms with Gasteiger partial charge in [0.25, 0.3) is 0 Å². The van der Waals surface area contributed by atoms with Gasteiger partial charge in [0.15, 0.2) is 0 Å². The van der Waals surface area contributed by atoms with Crippen LogP contribution in [0.25, 0.3) is 11.0 Å². The van der Waals surface area contributed by atoms with E-state index in [2.05, 4.69) is 10.3 Å². The summed E-state index contributed by atoms with van der Waals surface area (Å²) < 4.78 is 77.9. The topological polar surface area (TPSA) is 115 Å². The number of methoxy groups -OCH3 is 1. The molecule has 0 saturated heterocycles. The Labute approximate surface area is 258 Å². The molecule has 2 heterocycles. The van der Waals surface area contributed by atoms with Gasteiger partial charge in [-0.15, -0.1) is 5.10 Å². The van der Waals surface area contributed by atoms with Crippen LogP contribution in [0.1, 0.15) is 70.7 Å². The fourth-order valence-corrected chi connectivity index (χ4v) is 9.11. The van der Waals surface area contributed by atoms with Gasteiger partial charge in [-0.1, -0.05) is 30.3 Å². The number of aryl methyl sites for hydroxylation is 2. The van der Waals surface area contributed by atoms with E-state index in [-0.39, 0.29) is 23.8 Å². The minimum atomic E-state index is -4.69. The molecule has 1 N–H and O–H groups in total. The van der Waals surface area contributed by atoms with Gasteiger partial charge >= 0.3 is 12.1 Å². The van der Waals surface area contributed by atoms with Crippen molar-refractivity contribution < 1.29 is 36.2 Å². The molecule has 0 saturated carbocycles. The molecule has 1 aliphatic carbocycles. The summed E-state index contributed by atoms with van der Waals surface area (Å²) in [4.78, 5) is 11.9. The summed E-state index contributed by atoms with van der Waals surface area (Å²) >= 11 is 0. The molecule has 1 aromatic heterocycles. The monoisotopic (exact) mass is 642 g/mol. The van der Waals surface area contributed by atoms with E-state index in [9.17, 15) is 31.5 Å². The number of nitrogens with zero attached hydrogens (tertiary/aromatic N) is 4. The van der Waals surface area contributed by atoms with Crippen LogP contribution in [0.3, 0.4) is 0 Å². The number of benzene rings is 3. The zero-order chi connectivity index (χ0) is 32.4. The highest BCUT2D eigenvalue weighted by Crippen LogP contribution is 2.47. The minimum absolute atomic E-state index is 0.142. The Morgan fingerprint density at radius 2 is 1.93 bits per heavy atom. The molecule has 0 radical (unpaired) electrons. The molecular weight excluding hydrogens is 609 g/mol. The van der Waals surface area contributed by atoms with E-state index in [1.54, 1.807) is 23.9 Å². The Bertz CT molecular complexity index is 1940. The number of sulfonamides is 1. The summed E-state index contributed by atoms with van der Waals surface area (Å²) in [6.07, 6.45) is -3.70. The van der Waals surface area contributed by atoms with E-state index in [1.165, 1.54) is 17.5 Å². The molecule has 0 spiro atoms. The minimum Gasteiger partial charge on any atom is -0.494 e. The maximum atomic E-state index is 14.2. The Morgan fingerprint density at radius 3 is 2.62 bits per heavy atom. The van der Waals surface area contributed by atoms with Gasteiger partial charge < -0.3 is 9.84 Å². The first-order chi connectivity index (χ1) is 21.2. The van der Waals surface area contributed by atoms with Crippen LogP contribution in [0.2, 0.25) is 0 Å². The molecule has 0 bridgehead atoms. The first-order valence-corrected chi connectivity index (χ1v) is 16.1. The Hall–Kier alpha value is -3.97. The lowest BCUT2D eigenvalue weighted by atomic mass is 9.83. The largest absolute Gasteiger partial charge is 0.494 e. The third-order valence-corrected chi connectivity index (χ3v) is 11.0. The number of aromatic nitrogens is 3. The number of carboxylic acid groups (broad SMARTS) is 1. The smallest absolute Gasteiger partial charge is 0.416 e. The molecule has 4 aromatic rings. The molecule has 2 aliphatic rings. The number of rotatable bonds is 6. The Balaban J connectivity index is 1.48. The Morgan fingerprint density at radius 1 is 1.18 bits per heavy atom. The lowest BCUT2D eigenvalue weighted by Crippen LogP contribution is -2.36. The van der Waals surface area contributed by atoms with Crippen LogP contribution in [0.15, 0.2) is 47.4 Å². The van der Waals surface area contributed by atoms with Crippen LogP contribution in [-0.4, -0.2) is 52.4 Å². The number of halogens is 3. The molecule has 3 atom stereocenters. The second-order valence-electron chi connectivity index (χ2n) is 12.1. The summed E-state index contributed by atoms with van der Waals surface area (Å²) in [6.45, 7) is 3.92. The fourth-order valence-electron chi connectivity index (χ4n) is 7.10. The molecule has 6 rings (SSSR count). The predicted octanol–water partition coefficient (Wildman–Crippen LogP) is 5.78. The molecule has 2 unspecified atom stereocenters. The summed E-state index contributed by atoms with van der Waals surface area (Å²) in [5, 5.41) is 18.3. The van der Waals surface area contributed by atoms with E-state index >= 15 is 0 Å². The van der Waals surface area contributed by atoms with Crippen LogP contribution in [-0.2, 0) is 40.9 Å². The number of hydrogen-bond acceptors (Lipinski definition) is 6. The highest BCUT2D eigenvalue weighted by Gasteiger charge is 2.43. The van der Waals surface area contributed by atoms with Crippen molar-refractivity contribution in [2.45, 2.75) is 62.6 Å². The standard InChI is InChI=1S/C32H33F3N4O5S/c1-17-11-19-6-7-21(32(33,34)35)14-28(19)45(42,43)39(16-17)26-10-9-23-22(8-5-18(2)30(23)26)24(15-29(40)41)20-12-25-31(27(13-20)44-4)38(3)37-36-25/h5-8,12-14,17,24,26H,9-11,15-16H2,1-4H3,(H,40,41)/t17-,24?,26?/m0/s1. The second kappa shape index (κ2) is 11.1. The molecule has 0 fully saturated rings. The van der Waals surface area contributed by atoms with Crippen LogP contribution in [0.4, 0.5) is 13.2 Å². The van der Waals surface area contributed by atoms with E-state index in [4.69, 9.17) is 4.74 Å². The van der Waals surface area contributed by atoms with Gasteiger partial charge in [-0.25, -0.2) is 13.1 Å². The molecule has 9 nitrogen and oxygen atoms in total. The number of aliphatic carboxylic acids is 1. The predicted molar refractivity (Wildman–Crippen MR) is 160 cm³/mol. The third-order valence-electron chi connectivity index (χ3n) is 9.06. The average Bonchev–Trinajstić information content (AvgIpc) is 3.56. The summed E-state index contributed by atoms with van der Waals surface area (Å²) in [5.41, 5.74) is 4.48. The van der Waals surface area contributed by atoms with Gasteiger partial charge in [0.2, 0.25) is 10.0 Å². The zero-order valence-corrected chi connectivity index (χ0v) is 26.0. The number of hydrogen-bond donors (Lipinski definition) is 1. The van der Waals surface area contributed by atoms with E-state index in [0.29, 0.717) is 47.2 Å². The van der Waals surface area contributed by atoms with Crippen LogP contribution in [0.5, 0.6) is 5.75 Å². The zero-order valence-electron chi connectivity index (χ0n) is 25.2. The summed E-state index contributed by atoms with van der Waals surface area (Å²) in [6, 6.07) is 9.70. The van der Waals surface area contributed by atoms with Gasteiger partial charge in [-0.2, -0.15) is 17.5 Å². The van der Waals surface area contributed by atoms with Crippen molar-refractivity contribution in [3.63, 3.8) is 0 Å². The van der Waals surface area contributed by atoms with Crippen molar-refractivity contribution in [1.82, 2.24) is 19.3 Å². The maximum Gasteiger partial charge on any atom is 0.416 e. The average molecular weight is 643 g/mol. The second-order valence-corrected chi connectivity index (χ2v) is 13.9. The van der Waals surface area contributed by atoms with Gasteiger partial charge in [-0.3, -0.25) is 4.79 Å². The van der Waals surface area contributed by atoms with Crippen molar-refractivity contribution in [2.24, 2.45) is 13.0 Å². The van der Waals surface area contributed by atoms with Crippen molar-refractivity contribution in [3.8, 4) is 5.75 Å². The number of fused-ring (bicyclic) bond motifs is 3. The van der Waals surface area contributed by atoms with E-state index in [0.717, 1.165) is 34.4 Å². The first-order valence-electron chi connectivity index (χ1n) is 14.6. The molecule has 45 heavy (non-hydrogen) atoms. The first kappa shape index (κ1) is 31.0. The van der Waals surface area contributed by atoms with E-state index in [1.807, 2.05) is 26.0 Å².